The second-order valence-corrected chi connectivity index (χ2v) is 15.7. The molecule has 0 radical (unpaired) electrons. The van der Waals surface area contributed by atoms with Gasteiger partial charge in [-0.2, -0.15) is 0 Å². The zero-order valence-electron chi connectivity index (χ0n) is 34.4. The average molecular weight is 792 g/mol. The molecule has 294 valence electrons. The van der Waals surface area contributed by atoms with Crippen molar-refractivity contribution in [2.24, 2.45) is 0 Å². The third-order valence-corrected chi connectivity index (χ3v) is 11.9. The van der Waals surface area contributed by atoms with E-state index in [9.17, 15) is 0 Å². The molecule has 0 aliphatic heterocycles. The minimum atomic E-state index is 0.0838. The van der Waals surface area contributed by atoms with E-state index in [1.807, 2.05) is 0 Å². The Balaban J connectivity index is 0.922. The van der Waals surface area contributed by atoms with Crippen molar-refractivity contribution in [2.45, 2.75) is 5.92 Å². The standard InChI is InChI=1S/C61H45N/c1-5-13-45(14-6-1)48-21-23-51(24-22-48)53-37-41-59(42-38-53)62(58-19-11-4-12-20-58)60-43-39-54(40-44-60)52-29-35-57(36-30-52)61(55-31-25-49(26-32-55)46-15-7-2-8-16-46)56-33-27-50(28-34-56)47-17-9-3-10-18-47/h1-44,61H. The van der Waals surface area contributed by atoms with E-state index in [-0.39, 0.29) is 5.92 Å². The highest BCUT2D eigenvalue weighted by Crippen LogP contribution is 2.39. The van der Waals surface area contributed by atoms with Crippen LogP contribution in [0.15, 0.2) is 267 Å². The van der Waals surface area contributed by atoms with Crippen molar-refractivity contribution in [3.8, 4) is 55.6 Å². The van der Waals surface area contributed by atoms with Crippen LogP contribution in [0.3, 0.4) is 0 Å². The molecule has 0 saturated heterocycles. The molecule has 10 rings (SSSR count). The molecule has 10 aromatic rings. The van der Waals surface area contributed by atoms with E-state index in [1.54, 1.807) is 0 Å². The molecule has 1 nitrogen and oxygen atoms in total. The van der Waals surface area contributed by atoms with Gasteiger partial charge in [0.2, 0.25) is 0 Å². The highest BCUT2D eigenvalue weighted by Gasteiger charge is 2.19. The molecule has 0 fully saturated rings. The maximum absolute atomic E-state index is 2.33. The summed E-state index contributed by atoms with van der Waals surface area (Å²) in [6, 6.07) is 96.4. The Hall–Kier alpha value is -8.00. The zero-order chi connectivity index (χ0) is 41.5. The first kappa shape index (κ1) is 38.2. The molecule has 0 aliphatic rings. The minimum Gasteiger partial charge on any atom is -0.311 e. The molecule has 62 heavy (non-hydrogen) atoms. The van der Waals surface area contributed by atoms with E-state index in [0.717, 1.165) is 17.1 Å². The van der Waals surface area contributed by atoms with Gasteiger partial charge in [-0.3, -0.25) is 0 Å². The van der Waals surface area contributed by atoms with Gasteiger partial charge in [0.25, 0.3) is 0 Å². The molecule has 0 saturated carbocycles. The average Bonchev–Trinajstić information content (AvgIpc) is 3.36. The molecular weight excluding hydrogens is 747 g/mol. The zero-order valence-corrected chi connectivity index (χ0v) is 34.4. The fourth-order valence-electron chi connectivity index (χ4n) is 8.56. The number of rotatable bonds is 11. The smallest absolute Gasteiger partial charge is 0.0462 e. The van der Waals surface area contributed by atoms with E-state index < -0.39 is 0 Å². The van der Waals surface area contributed by atoms with E-state index in [2.05, 4.69) is 272 Å². The number of anilines is 3. The normalized spacial score (nSPS) is 11.0. The van der Waals surface area contributed by atoms with Crippen LogP contribution in [0.25, 0.3) is 55.6 Å². The molecular formula is C61H45N. The molecule has 0 heterocycles. The minimum absolute atomic E-state index is 0.0838. The van der Waals surface area contributed by atoms with Gasteiger partial charge >= 0.3 is 0 Å². The molecule has 0 unspecified atom stereocenters. The van der Waals surface area contributed by atoms with Crippen molar-refractivity contribution in [3.05, 3.63) is 284 Å². The summed E-state index contributed by atoms with van der Waals surface area (Å²) in [5, 5.41) is 0. The van der Waals surface area contributed by atoms with Gasteiger partial charge in [0.15, 0.2) is 0 Å². The van der Waals surface area contributed by atoms with Gasteiger partial charge in [0, 0.05) is 23.0 Å². The van der Waals surface area contributed by atoms with Crippen LogP contribution in [0.4, 0.5) is 17.1 Å². The predicted octanol–water partition coefficient (Wildman–Crippen LogP) is 16.7. The van der Waals surface area contributed by atoms with Gasteiger partial charge in [-0.25, -0.2) is 0 Å². The topological polar surface area (TPSA) is 3.24 Å². The number of benzene rings is 10. The predicted molar refractivity (Wildman–Crippen MR) is 262 cm³/mol. The van der Waals surface area contributed by atoms with Gasteiger partial charge in [0.1, 0.15) is 0 Å². The van der Waals surface area contributed by atoms with Crippen molar-refractivity contribution in [3.63, 3.8) is 0 Å². The molecule has 0 atom stereocenters. The SMILES string of the molecule is c1ccc(-c2ccc(-c3ccc(N(c4ccccc4)c4ccc(-c5ccc(C(c6ccc(-c7ccccc7)cc6)c6ccc(-c7ccccc7)cc6)cc5)cc4)cc3)cc2)cc1. The van der Waals surface area contributed by atoms with Crippen LogP contribution in [-0.2, 0) is 0 Å². The van der Waals surface area contributed by atoms with Gasteiger partial charge in [-0.15, -0.1) is 0 Å². The highest BCUT2D eigenvalue weighted by molar-refractivity contribution is 5.80. The Bertz CT molecular complexity index is 2880. The molecule has 10 aromatic carbocycles. The summed E-state index contributed by atoms with van der Waals surface area (Å²) in [5.74, 6) is 0.0838. The fourth-order valence-corrected chi connectivity index (χ4v) is 8.56. The second kappa shape index (κ2) is 17.7. The third kappa shape index (κ3) is 8.26. The molecule has 0 aliphatic carbocycles. The Morgan fingerprint density at radius 3 is 0.645 bits per heavy atom. The van der Waals surface area contributed by atoms with E-state index in [0.29, 0.717) is 0 Å². The first-order valence-electron chi connectivity index (χ1n) is 21.4. The van der Waals surface area contributed by atoms with E-state index in [1.165, 1.54) is 72.3 Å². The Labute approximate surface area is 365 Å². The maximum atomic E-state index is 2.33. The Morgan fingerprint density at radius 1 is 0.177 bits per heavy atom. The summed E-state index contributed by atoms with van der Waals surface area (Å²) in [7, 11) is 0. The van der Waals surface area contributed by atoms with Crippen LogP contribution in [0.1, 0.15) is 22.6 Å². The van der Waals surface area contributed by atoms with E-state index >= 15 is 0 Å². The van der Waals surface area contributed by atoms with Crippen LogP contribution in [-0.4, -0.2) is 0 Å². The van der Waals surface area contributed by atoms with Gasteiger partial charge < -0.3 is 4.90 Å². The first-order chi connectivity index (χ1) is 30.7. The lowest BCUT2D eigenvalue weighted by atomic mass is 9.83. The van der Waals surface area contributed by atoms with E-state index in [4.69, 9.17) is 0 Å². The second-order valence-electron chi connectivity index (χ2n) is 15.7. The Morgan fingerprint density at radius 2 is 0.371 bits per heavy atom. The third-order valence-electron chi connectivity index (χ3n) is 11.9. The number of para-hydroxylation sites is 1. The lowest BCUT2D eigenvalue weighted by molar-refractivity contribution is 0.978. The number of hydrogen-bond acceptors (Lipinski definition) is 1. The fraction of sp³-hybridized carbons (Fsp3) is 0.0164. The van der Waals surface area contributed by atoms with Crippen molar-refractivity contribution >= 4 is 17.1 Å². The summed E-state index contributed by atoms with van der Waals surface area (Å²) in [6.45, 7) is 0. The van der Waals surface area contributed by atoms with Crippen LogP contribution in [0.5, 0.6) is 0 Å². The van der Waals surface area contributed by atoms with Crippen molar-refractivity contribution in [1.29, 1.82) is 0 Å². The number of hydrogen-bond donors (Lipinski definition) is 0. The molecule has 0 spiro atoms. The van der Waals surface area contributed by atoms with Crippen LogP contribution < -0.4 is 4.90 Å². The quantitative estimate of drug-likeness (QED) is 0.118. The summed E-state index contributed by atoms with van der Waals surface area (Å²) < 4.78 is 0. The van der Waals surface area contributed by atoms with Crippen LogP contribution in [0.2, 0.25) is 0 Å². The molecule has 0 aromatic heterocycles. The van der Waals surface area contributed by atoms with Gasteiger partial charge in [-0.05, 0) is 109 Å². The Kier molecular flexibility index (Phi) is 10.9. The summed E-state index contributed by atoms with van der Waals surface area (Å²) in [6.07, 6.45) is 0. The number of nitrogens with zero attached hydrogens (tertiary/aromatic N) is 1. The van der Waals surface area contributed by atoms with Crippen molar-refractivity contribution in [2.75, 3.05) is 4.90 Å². The first-order valence-corrected chi connectivity index (χ1v) is 21.4. The van der Waals surface area contributed by atoms with Crippen molar-refractivity contribution in [1.82, 2.24) is 0 Å². The van der Waals surface area contributed by atoms with Gasteiger partial charge in [-0.1, -0.05) is 231 Å². The summed E-state index contributed by atoms with van der Waals surface area (Å²) >= 11 is 0. The monoisotopic (exact) mass is 791 g/mol. The largest absolute Gasteiger partial charge is 0.311 e. The molecule has 1 heteroatoms. The molecule has 0 N–H and O–H groups in total. The lowest BCUT2D eigenvalue weighted by Gasteiger charge is -2.26. The van der Waals surface area contributed by atoms with Crippen LogP contribution >= 0.6 is 0 Å². The highest BCUT2D eigenvalue weighted by atomic mass is 15.1. The van der Waals surface area contributed by atoms with Crippen molar-refractivity contribution < 1.29 is 0 Å². The molecule has 0 amide bonds. The summed E-state index contributed by atoms with van der Waals surface area (Å²) in [5.41, 5.74) is 19.2. The van der Waals surface area contributed by atoms with Crippen LogP contribution in [0, 0.1) is 0 Å². The lowest BCUT2D eigenvalue weighted by Crippen LogP contribution is -2.09. The molecule has 0 bridgehead atoms. The van der Waals surface area contributed by atoms with Gasteiger partial charge in [0.05, 0.1) is 0 Å². The summed E-state index contributed by atoms with van der Waals surface area (Å²) in [4.78, 5) is 2.33. The maximum Gasteiger partial charge on any atom is 0.0462 e.